The minimum Gasteiger partial charge on any atom is -0.496 e. The summed E-state index contributed by atoms with van der Waals surface area (Å²) in [6, 6.07) is 15.3. The van der Waals surface area contributed by atoms with E-state index < -0.39 is 12.1 Å². The van der Waals surface area contributed by atoms with Crippen molar-refractivity contribution in [1.29, 1.82) is 0 Å². The van der Waals surface area contributed by atoms with Crippen LogP contribution in [0.2, 0.25) is 0 Å². The molecule has 2 heterocycles. The number of nitrogens with zero attached hydrogens (tertiary/aromatic N) is 2. The van der Waals surface area contributed by atoms with Gasteiger partial charge in [-0.15, -0.1) is 0 Å². The number of rotatable bonds is 5. The highest BCUT2D eigenvalue weighted by atomic mass is 19.4. The Balaban J connectivity index is 0.000000339. The number of aromatic nitrogens is 2. The average Bonchev–Trinajstić information content (AvgIpc) is 3.23. The summed E-state index contributed by atoms with van der Waals surface area (Å²) in [7, 11) is 1.75. The summed E-state index contributed by atoms with van der Waals surface area (Å²) in [6.07, 6.45) is 0.139. The summed E-state index contributed by atoms with van der Waals surface area (Å²) in [6.45, 7) is 1.97. The number of methoxy groups -OCH3 is 1. The summed E-state index contributed by atoms with van der Waals surface area (Å²) in [5.41, 5.74) is 2.60. The summed E-state index contributed by atoms with van der Waals surface area (Å²) >= 11 is 0. The van der Waals surface area contributed by atoms with Crippen molar-refractivity contribution in [2.24, 2.45) is 0 Å². The molecule has 1 aromatic heterocycles. The second-order valence-corrected chi connectivity index (χ2v) is 7.15. The van der Waals surface area contributed by atoms with Crippen LogP contribution < -0.4 is 10.1 Å². The minimum atomic E-state index is -5.08. The van der Waals surface area contributed by atoms with E-state index in [-0.39, 0.29) is 0 Å². The maximum absolute atomic E-state index is 10.6. The summed E-state index contributed by atoms with van der Waals surface area (Å²) in [5, 5.41) is 17.8. The maximum atomic E-state index is 10.6. The van der Waals surface area contributed by atoms with E-state index in [1.165, 1.54) is 34.9 Å². The van der Waals surface area contributed by atoms with Crippen molar-refractivity contribution < 1.29 is 27.8 Å². The molecule has 0 fully saturated rings. The molecule has 3 aromatic rings. The molecule has 0 spiro atoms. The van der Waals surface area contributed by atoms with Gasteiger partial charge in [-0.2, -0.15) is 18.3 Å². The van der Waals surface area contributed by atoms with Crippen LogP contribution in [0.4, 0.5) is 13.2 Å². The zero-order chi connectivity index (χ0) is 22.4. The van der Waals surface area contributed by atoms with Gasteiger partial charge in [-0.05, 0) is 48.7 Å². The molecule has 4 rings (SSSR count). The predicted molar refractivity (Wildman–Crippen MR) is 110 cm³/mol. The van der Waals surface area contributed by atoms with E-state index >= 15 is 0 Å². The lowest BCUT2D eigenvalue weighted by atomic mass is 10.00. The number of ether oxygens (including phenoxy) is 1. The van der Waals surface area contributed by atoms with Gasteiger partial charge in [0.2, 0.25) is 0 Å². The molecule has 2 aromatic carbocycles. The first-order valence-corrected chi connectivity index (χ1v) is 9.91. The zero-order valence-corrected chi connectivity index (χ0v) is 17.0. The number of aliphatic carboxylic acids is 1. The fourth-order valence-corrected chi connectivity index (χ4v) is 3.76. The van der Waals surface area contributed by atoms with Crippen LogP contribution in [0.25, 0.3) is 10.8 Å². The number of alkyl halides is 3. The number of carboxylic acids is 1. The Kier molecular flexibility index (Phi) is 7.17. The first-order valence-electron chi connectivity index (χ1n) is 9.91. The van der Waals surface area contributed by atoms with Crippen molar-refractivity contribution in [3.63, 3.8) is 0 Å². The van der Waals surface area contributed by atoms with Gasteiger partial charge in [0.25, 0.3) is 0 Å². The second-order valence-electron chi connectivity index (χ2n) is 7.15. The van der Waals surface area contributed by atoms with Gasteiger partial charge in [-0.3, -0.25) is 4.68 Å². The SMILES string of the molecule is COc1ccc2ccccc2c1CCNC1CCCn2nccc21.O=C(O)C(F)(F)F. The molecule has 1 unspecified atom stereocenters. The van der Waals surface area contributed by atoms with Crippen LogP contribution in [0.5, 0.6) is 5.75 Å². The largest absolute Gasteiger partial charge is 0.496 e. The van der Waals surface area contributed by atoms with Crippen LogP contribution in [0, 0.1) is 0 Å². The van der Waals surface area contributed by atoms with E-state index in [1.54, 1.807) is 7.11 Å². The lowest BCUT2D eigenvalue weighted by Crippen LogP contribution is -2.29. The molecular formula is C22H24F3N3O3. The van der Waals surface area contributed by atoms with E-state index in [0.29, 0.717) is 6.04 Å². The Bertz CT molecular complexity index is 1030. The average molecular weight is 435 g/mol. The fraction of sp³-hybridized carbons (Fsp3) is 0.364. The number of benzene rings is 2. The third-order valence-corrected chi connectivity index (χ3v) is 5.19. The van der Waals surface area contributed by atoms with Crippen LogP contribution in [0.3, 0.4) is 0 Å². The zero-order valence-electron chi connectivity index (χ0n) is 17.0. The third-order valence-electron chi connectivity index (χ3n) is 5.19. The van der Waals surface area contributed by atoms with E-state index in [9.17, 15) is 13.2 Å². The van der Waals surface area contributed by atoms with Crippen molar-refractivity contribution in [1.82, 2.24) is 15.1 Å². The van der Waals surface area contributed by atoms with Crippen LogP contribution in [-0.4, -0.2) is 40.7 Å². The normalized spacial score (nSPS) is 15.7. The molecule has 1 aliphatic heterocycles. The van der Waals surface area contributed by atoms with Gasteiger partial charge in [-0.25, -0.2) is 4.79 Å². The van der Waals surface area contributed by atoms with Crippen molar-refractivity contribution in [3.8, 4) is 5.75 Å². The van der Waals surface area contributed by atoms with Gasteiger partial charge in [0.15, 0.2) is 0 Å². The molecule has 166 valence electrons. The number of hydrogen-bond donors (Lipinski definition) is 2. The Hall–Kier alpha value is -3.07. The Morgan fingerprint density at radius 3 is 2.71 bits per heavy atom. The van der Waals surface area contributed by atoms with Crippen LogP contribution in [-0.2, 0) is 17.8 Å². The standard InChI is InChI=1S/C20H23N3O.C2HF3O2/c1-24-20-9-8-15-5-2-3-6-16(15)17(20)10-12-21-18-7-4-14-23-19(18)11-13-22-23;3-2(4,5)1(6)7/h2-3,5-6,8-9,11,13,18,21H,4,7,10,12,14H2,1H3;(H,6,7). The Labute approximate surface area is 177 Å². The van der Waals surface area contributed by atoms with Crippen LogP contribution in [0.15, 0.2) is 48.7 Å². The monoisotopic (exact) mass is 435 g/mol. The number of carbonyl (C=O) groups is 1. The summed E-state index contributed by atoms with van der Waals surface area (Å²) in [5.74, 6) is -1.78. The number of fused-ring (bicyclic) bond motifs is 2. The van der Waals surface area contributed by atoms with Gasteiger partial charge in [0, 0.05) is 24.3 Å². The van der Waals surface area contributed by atoms with Crippen molar-refractivity contribution in [3.05, 3.63) is 59.9 Å². The molecule has 2 N–H and O–H groups in total. The second kappa shape index (κ2) is 9.82. The number of aryl methyl sites for hydroxylation is 1. The molecule has 9 heteroatoms. The first-order chi connectivity index (χ1) is 14.8. The first kappa shape index (κ1) is 22.6. The van der Waals surface area contributed by atoms with Gasteiger partial charge in [0.05, 0.1) is 12.8 Å². The lowest BCUT2D eigenvalue weighted by Gasteiger charge is -2.25. The van der Waals surface area contributed by atoms with Crippen LogP contribution >= 0.6 is 0 Å². The Morgan fingerprint density at radius 1 is 1.26 bits per heavy atom. The van der Waals surface area contributed by atoms with E-state index in [0.717, 1.165) is 25.3 Å². The van der Waals surface area contributed by atoms with Gasteiger partial charge < -0.3 is 15.2 Å². The lowest BCUT2D eigenvalue weighted by molar-refractivity contribution is -0.192. The number of halogens is 3. The molecule has 0 aliphatic carbocycles. The van der Waals surface area contributed by atoms with Gasteiger partial charge in [0.1, 0.15) is 5.75 Å². The highest BCUT2D eigenvalue weighted by Gasteiger charge is 2.38. The smallest absolute Gasteiger partial charge is 0.490 e. The number of nitrogens with one attached hydrogen (secondary N) is 1. The topological polar surface area (TPSA) is 76.4 Å². The number of hydrogen-bond acceptors (Lipinski definition) is 4. The van der Waals surface area contributed by atoms with Crippen LogP contribution in [0.1, 0.15) is 30.1 Å². The fourth-order valence-electron chi connectivity index (χ4n) is 3.76. The minimum absolute atomic E-state index is 0.405. The molecule has 0 bridgehead atoms. The van der Waals surface area contributed by atoms with Crippen molar-refractivity contribution in [2.45, 2.75) is 38.0 Å². The maximum Gasteiger partial charge on any atom is 0.490 e. The third kappa shape index (κ3) is 5.55. The molecule has 31 heavy (non-hydrogen) atoms. The highest BCUT2D eigenvalue weighted by Crippen LogP contribution is 2.29. The van der Waals surface area contributed by atoms with E-state index in [1.807, 2.05) is 6.20 Å². The molecular weight excluding hydrogens is 411 g/mol. The molecule has 0 amide bonds. The molecule has 0 saturated heterocycles. The molecule has 0 saturated carbocycles. The molecule has 1 atom stereocenters. The summed E-state index contributed by atoms with van der Waals surface area (Å²) < 4.78 is 39.5. The molecule has 6 nitrogen and oxygen atoms in total. The quantitative estimate of drug-likeness (QED) is 0.623. The molecule has 0 radical (unpaired) electrons. The van der Waals surface area contributed by atoms with Crippen molar-refractivity contribution in [2.75, 3.05) is 13.7 Å². The van der Waals surface area contributed by atoms with E-state index in [2.05, 4.69) is 57.6 Å². The Morgan fingerprint density at radius 2 is 2.00 bits per heavy atom. The van der Waals surface area contributed by atoms with Gasteiger partial charge >= 0.3 is 12.1 Å². The van der Waals surface area contributed by atoms with Crippen molar-refractivity contribution >= 4 is 16.7 Å². The predicted octanol–water partition coefficient (Wildman–Crippen LogP) is 4.35. The highest BCUT2D eigenvalue weighted by molar-refractivity contribution is 5.87. The summed E-state index contributed by atoms with van der Waals surface area (Å²) in [4.78, 5) is 8.90. The molecule has 1 aliphatic rings. The van der Waals surface area contributed by atoms with E-state index in [4.69, 9.17) is 14.6 Å². The van der Waals surface area contributed by atoms with Gasteiger partial charge in [-0.1, -0.05) is 30.3 Å². The number of carboxylic acid groups (broad SMARTS) is 1.